The molecule has 0 aromatic carbocycles. The van der Waals surface area contributed by atoms with Crippen molar-refractivity contribution in [3.8, 4) is 11.4 Å². The first-order chi connectivity index (χ1) is 13.5. The van der Waals surface area contributed by atoms with E-state index in [2.05, 4.69) is 27.6 Å². The van der Waals surface area contributed by atoms with Crippen LogP contribution in [0.15, 0.2) is 30.6 Å². The normalized spacial score (nSPS) is 22.3. The summed E-state index contributed by atoms with van der Waals surface area (Å²) in [5.41, 5.74) is 0.987. The molecule has 2 aliphatic heterocycles. The highest BCUT2D eigenvalue weighted by Crippen LogP contribution is 2.35. The Labute approximate surface area is 165 Å². The summed E-state index contributed by atoms with van der Waals surface area (Å²) in [4.78, 5) is 20.0. The topological polar surface area (TPSA) is 62.2 Å². The second-order valence-electron chi connectivity index (χ2n) is 8.11. The van der Waals surface area contributed by atoms with Crippen molar-refractivity contribution in [1.29, 1.82) is 0 Å². The average molecular weight is 385 g/mol. The summed E-state index contributed by atoms with van der Waals surface area (Å²) >= 11 is 0. The van der Waals surface area contributed by atoms with Crippen molar-refractivity contribution in [2.45, 2.75) is 30.7 Å². The van der Waals surface area contributed by atoms with Crippen molar-refractivity contribution in [3.63, 3.8) is 0 Å². The lowest BCUT2D eigenvalue weighted by molar-refractivity contribution is -0.128. The maximum absolute atomic E-state index is 15.0. The maximum atomic E-state index is 15.0. The van der Waals surface area contributed by atoms with E-state index in [0.717, 1.165) is 38.3 Å². The maximum Gasteiger partial charge on any atom is 0.231 e. The largest absolute Gasteiger partial charge is 0.351 e. The molecule has 2 fully saturated rings. The Morgan fingerprint density at radius 2 is 2.14 bits per heavy atom. The zero-order valence-electron chi connectivity index (χ0n) is 16.5. The fourth-order valence-corrected chi connectivity index (χ4v) is 4.47. The lowest BCUT2D eigenvalue weighted by Gasteiger charge is -2.37. The standard InChI is InChI=1S/C21H28FN5O/c1-26-11-5-16(14-26)25-20(28)21(6-8-23-9-7-21)15-12-17(22)19(24-13-15)18-4-3-10-27(18)2/h3-4,10,12-13,16,23H,5-9,11,14H2,1-2H3,(H,25,28)/t16-/m0/s1. The minimum Gasteiger partial charge on any atom is -0.351 e. The Balaban J connectivity index is 1.65. The van der Waals surface area contributed by atoms with Gasteiger partial charge in [0.2, 0.25) is 5.91 Å². The highest BCUT2D eigenvalue weighted by atomic mass is 19.1. The molecule has 0 unspecified atom stereocenters. The van der Waals surface area contributed by atoms with E-state index in [1.807, 2.05) is 29.9 Å². The Hall–Kier alpha value is -2.25. The predicted molar refractivity (Wildman–Crippen MR) is 106 cm³/mol. The van der Waals surface area contributed by atoms with Gasteiger partial charge in [-0.15, -0.1) is 0 Å². The molecule has 28 heavy (non-hydrogen) atoms. The van der Waals surface area contributed by atoms with Crippen LogP contribution < -0.4 is 10.6 Å². The van der Waals surface area contributed by atoms with Gasteiger partial charge in [-0.25, -0.2) is 4.39 Å². The molecule has 4 heterocycles. The van der Waals surface area contributed by atoms with Gasteiger partial charge in [-0.3, -0.25) is 9.78 Å². The van der Waals surface area contributed by atoms with Gasteiger partial charge in [-0.2, -0.15) is 0 Å². The van der Waals surface area contributed by atoms with Crippen LogP contribution in [0.4, 0.5) is 4.39 Å². The number of pyridine rings is 1. The van der Waals surface area contributed by atoms with Crippen LogP contribution in [0.1, 0.15) is 24.8 Å². The lowest BCUT2D eigenvalue weighted by atomic mass is 9.72. The Bertz CT molecular complexity index is 858. The highest BCUT2D eigenvalue weighted by molar-refractivity contribution is 5.88. The van der Waals surface area contributed by atoms with Crippen molar-refractivity contribution in [2.75, 3.05) is 33.2 Å². The molecule has 0 bridgehead atoms. The first kappa shape index (κ1) is 19.1. The van der Waals surface area contributed by atoms with E-state index in [1.54, 1.807) is 6.20 Å². The minimum absolute atomic E-state index is 0.00196. The number of hydrogen-bond donors (Lipinski definition) is 2. The van der Waals surface area contributed by atoms with E-state index >= 15 is 4.39 Å². The molecule has 0 saturated carbocycles. The second-order valence-corrected chi connectivity index (χ2v) is 8.11. The molecule has 2 aromatic heterocycles. The van der Waals surface area contributed by atoms with Gasteiger partial charge in [0.25, 0.3) is 0 Å². The van der Waals surface area contributed by atoms with Crippen LogP contribution in [0.2, 0.25) is 0 Å². The number of rotatable bonds is 4. The van der Waals surface area contributed by atoms with E-state index in [0.29, 0.717) is 24.1 Å². The summed E-state index contributed by atoms with van der Waals surface area (Å²) in [7, 11) is 3.93. The highest BCUT2D eigenvalue weighted by Gasteiger charge is 2.43. The lowest BCUT2D eigenvalue weighted by Crippen LogP contribution is -2.53. The third-order valence-electron chi connectivity index (χ3n) is 6.20. The fourth-order valence-electron chi connectivity index (χ4n) is 4.47. The third-order valence-corrected chi connectivity index (χ3v) is 6.20. The van der Waals surface area contributed by atoms with Crippen LogP contribution in [-0.4, -0.2) is 59.6 Å². The summed E-state index contributed by atoms with van der Waals surface area (Å²) in [5, 5.41) is 6.54. The van der Waals surface area contributed by atoms with E-state index in [-0.39, 0.29) is 17.8 Å². The van der Waals surface area contributed by atoms with E-state index in [4.69, 9.17) is 0 Å². The van der Waals surface area contributed by atoms with Gasteiger partial charge in [0, 0.05) is 32.0 Å². The third kappa shape index (κ3) is 3.44. The molecule has 0 aliphatic carbocycles. The quantitative estimate of drug-likeness (QED) is 0.841. The van der Waals surface area contributed by atoms with Crippen molar-refractivity contribution >= 4 is 5.91 Å². The molecule has 7 heteroatoms. The van der Waals surface area contributed by atoms with Gasteiger partial charge in [-0.05, 0) is 69.7 Å². The number of likely N-dealkylation sites (N-methyl/N-ethyl adjacent to an activating group) is 1. The van der Waals surface area contributed by atoms with Gasteiger partial charge in [-0.1, -0.05) is 0 Å². The van der Waals surface area contributed by atoms with Crippen molar-refractivity contribution < 1.29 is 9.18 Å². The second kappa shape index (κ2) is 7.64. The fraction of sp³-hybridized carbons (Fsp3) is 0.524. The molecule has 1 atom stereocenters. The van der Waals surface area contributed by atoms with Gasteiger partial charge in [0.1, 0.15) is 5.69 Å². The predicted octanol–water partition coefficient (Wildman–Crippen LogP) is 1.67. The molecule has 2 N–H and O–H groups in total. The Kier molecular flexibility index (Phi) is 5.21. The summed E-state index contributed by atoms with van der Waals surface area (Å²) in [6, 6.07) is 5.38. The number of carbonyl (C=O) groups excluding carboxylic acids is 1. The first-order valence-corrected chi connectivity index (χ1v) is 9.97. The molecule has 0 radical (unpaired) electrons. The molecule has 1 amide bonds. The smallest absolute Gasteiger partial charge is 0.231 e. The summed E-state index contributed by atoms with van der Waals surface area (Å²) in [5.74, 6) is -0.382. The number of aromatic nitrogens is 2. The number of amides is 1. The van der Waals surface area contributed by atoms with Crippen LogP contribution >= 0.6 is 0 Å². The molecule has 150 valence electrons. The molecule has 0 spiro atoms. The average Bonchev–Trinajstić information content (AvgIpc) is 3.30. The number of likely N-dealkylation sites (tertiary alicyclic amines) is 1. The van der Waals surface area contributed by atoms with E-state index in [9.17, 15) is 4.79 Å². The van der Waals surface area contributed by atoms with Crippen molar-refractivity contribution in [3.05, 3.63) is 42.0 Å². The van der Waals surface area contributed by atoms with Gasteiger partial charge < -0.3 is 20.1 Å². The van der Waals surface area contributed by atoms with Crippen LogP contribution in [0.25, 0.3) is 11.4 Å². The summed E-state index contributed by atoms with van der Waals surface area (Å²) < 4.78 is 16.9. The summed E-state index contributed by atoms with van der Waals surface area (Å²) in [6.07, 6.45) is 5.80. The Morgan fingerprint density at radius 1 is 1.36 bits per heavy atom. The molecule has 6 nitrogen and oxygen atoms in total. The summed E-state index contributed by atoms with van der Waals surface area (Å²) in [6.45, 7) is 3.32. The number of nitrogens with zero attached hydrogens (tertiary/aromatic N) is 3. The van der Waals surface area contributed by atoms with Crippen LogP contribution in [-0.2, 0) is 17.3 Å². The van der Waals surface area contributed by atoms with Gasteiger partial charge >= 0.3 is 0 Å². The zero-order valence-corrected chi connectivity index (χ0v) is 16.5. The van der Waals surface area contributed by atoms with Gasteiger partial charge in [0.05, 0.1) is 11.1 Å². The first-order valence-electron chi connectivity index (χ1n) is 9.97. The van der Waals surface area contributed by atoms with Crippen LogP contribution in [0.5, 0.6) is 0 Å². The number of nitrogens with one attached hydrogen (secondary N) is 2. The molecule has 2 aliphatic rings. The number of hydrogen-bond acceptors (Lipinski definition) is 4. The molecule has 2 saturated heterocycles. The van der Waals surface area contributed by atoms with E-state index in [1.165, 1.54) is 6.07 Å². The number of piperidine rings is 1. The molecular weight excluding hydrogens is 357 g/mol. The van der Waals surface area contributed by atoms with Gasteiger partial charge in [0.15, 0.2) is 5.82 Å². The minimum atomic E-state index is -0.729. The molecule has 4 rings (SSSR count). The number of carbonyl (C=O) groups is 1. The van der Waals surface area contributed by atoms with E-state index < -0.39 is 5.41 Å². The Morgan fingerprint density at radius 3 is 2.75 bits per heavy atom. The SMILES string of the molecule is CN1CC[C@H](NC(=O)C2(c3cnc(-c4cccn4C)c(F)c3)CCNCC2)C1. The van der Waals surface area contributed by atoms with Crippen molar-refractivity contribution in [1.82, 2.24) is 25.1 Å². The molecular formula is C21H28FN5O. The number of halogens is 1. The zero-order chi connectivity index (χ0) is 19.7. The van der Waals surface area contributed by atoms with Crippen molar-refractivity contribution in [2.24, 2.45) is 7.05 Å². The van der Waals surface area contributed by atoms with Crippen LogP contribution in [0.3, 0.4) is 0 Å². The monoisotopic (exact) mass is 385 g/mol. The van der Waals surface area contributed by atoms with Crippen LogP contribution in [0, 0.1) is 5.82 Å². The number of aryl methyl sites for hydroxylation is 1. The molecule has 2 aromatic rings.